The molecule has 86 valence electrons. The standard InChI is InChI=1S/C12H11N3OS/c1-7-3-4-11(17-7)9-5-15-8(2)10(6-16)14-12(15)13-9/h3-6H,1-2H3,(H,13,14). The molecule has 0 unspecified atom stereocenters. The predicted molar refractivity (Wildman–Crippen MR) is 67.7 cm³/mol. The van der Waals surface area contributed by atoms with Crippen LogP contribution in [0, 0.1) is 13.8 Å². The smallest absolute Gasteiger partial charge is 0.212 e. The van der Waals surface area contributed by atoms with Crippen LogP contribution in [-0.2, 0) is 0 Å². The molecule has 3 aromatic rings. The molecule has 4 nitrogen and oxygen atoms in total. The molecule has 0 saturated carbocycles. The molecule has 0 aromatic carbocycles. The van der Waals surface area contributed by atoms with Crippen LogP contribution in [-0.4, -0.2) is 20.7 Å². The van der Waals surface area contributed by atoms with E-state index in [9.17, 15) is 4.79 Å². The lowest BCUT2D eigenvalue weighted by molar-refractivity contribution is 0.111. The molecule has 0 atom stereocenters. The number of thiophene rings is 1. The summed E-state index contributed by atoms with van der Waals surface area (Å²) in [5.41, 5.74) is 2.42. The minimum atomic E-state index is 0.585. The molecule has 0 radical (unpaired) electrons. The maximum Gasteiger partial charge on any atom is 0.212 e. The van der Waals surface area contributed by atoms with E-state index in [2.05, 4.69) is 29.0 Å². The van der Waals surface area contributed by atoms with Crippen LogP contribution in [0.1, 0.15) is 21.1 Å². The van der Waals surface area contributed by atoms with Crippen LogP contribution >= 0.6 is 11.3 Å². The monoisotopic (exact) mass is 245 g/mol. The lowest BCUT2D eigenvalue weighted by Crippen LogP contribution is -1.85. The van der Waals surface area contributed by atoms with Gasteiger partial charge in [0.2, 0.25) is 5.78 Å². The number of fused-ring (bicyclic) bond motifs is 1. The quantitative estimate of drug-likeness (QED) is 0.706. The Morgan fingerprint density at radius 3 is 2.82 bits per heavy atom. The van der Waals surface area contributed by atoms with E-state index in [0.29, 0.717) is 11.5 Å². The third-order valence-corrected chi connectivity index (χ3v) is 3.84. The Bertz CT molecular complexity index is 705. The summed E-state index contributed by atoms with van der Waals surface area (Å²) < 4.78 is 1.91. The van der Waals surface area contributed by atoms with Gasteiger partial charge >= 0.3 is 0 Å². The van der Waals surface area contributed by atoms with Gasteiger partial charge in [-0.25, -0.2) is 4.98 Å². The van der Waals surface area contributed by atoms with Gasteiger partial charge in [-0.3, -0.25) is 9.20 Å². The Balaban J connectivity index is 2.18. The highest BCUT2D eigenvalue weighted by Gasteiger charge is 2.11. The maximum absolute atomic E-state index is 10.8. The van der Waals surface area contributed by atoms with Crippen LogP contribution < -0.4 is 0 Å². The molecule has 0 aliphatic carbocycles. The van der Waals surface area contributed by atoms with Crippen molar-refractivity contribution >= 4 is 23.4 Å². The van der Waals surface area contributed by atoms with Gasteiger partial charge < -0.3 is 4.98 Å². The van der Waals surface area contributed by atoms with E-state index in [1.807, 2.05) is 17.5 Å². The number of aromatic nitrogens is 3. The molecule has 3 aromatic heterocycles. The lowest BCUT2D eigenvalue weighted by Gasteiger charge is -1.90. The number of hydrogen-bond acceptors (Lipinski definition) is 3. The number of aldehydes is 1. The summed E-state index contributed by atoms with van der Waals surface area (Å²) >= 11 is 1.72. The van der Waals surface area contributed by atoms with Crippen LogP contribution in [0.5, 0.6) is 0 Å². The fourth-order valence-electron chi connectivity index (χ4n) is 1.87. The summed E-state index contributed by atoms with van der Waals surface area (Å²) in [5, 5.41) is 0. The number of hydrogen-bond donors (Lipinski definition) is 1. The highest BCUT2D eigenvalue weighted by atomic mass is 32.1. The van der Waals surface area contributed by atoms with Gasteiger partial charge in [0.05, 0.1) is 4.88 Å². The van der Waals surface area contributed by atoms with Crippen molar-refractivity contribution in [1.82, 2.24) is 14.4 Å². The number of carbonyl (C=O) groups is 1. The first kappa shape index (κ1) is 10.3. The van der Waals surface area contributed by atoms with Crippen LogP contribution in [0.2, 0.25) is 0 Å². The highest BCUT2D eigenvalue weighted by molar-refractivity contribution is 7.15. The Morgan fingerprint density at radius 1 is 1.41 bits per heavy atom. The van der Waals surface area contributed by atoms with Crippen molar-refractivity contribution in [3.63, 3.8) is 0 Å². The molecule has 17 heavy (non-hydrogen) atoms. The lowest BCUT2D eigenvalue weighted by atomic mass is 10.3. The van der Waals surface area contributed by atoms with Crippen LogP contribution in [0.3, 0.4) is 0 Å². The minimum Gasteiger partial charge on any atom is -0.321 e. The number of nitrogens with one attached hydrogen (secondary N) is 1. The normalized spacial score (nSPS) is 11.2. The molecule has 0 aliphatic rings. The molecule has 3 heterocycles. The second-order valence-corrected chi connectivity index (χ2v) is 5.26. The van der Waals surface area contributed by atoms with Gasteiger partial charge in [0, 0.05) is 16.8 Å². The number of carbonyl (C=O) groups excluding carboxylic acids is 1. The van der Waals surface area contributed by atoms with Crippen molar-refractivity contribution in [2.45, 2.75) is 13.8 Å². The summed E-state index contributed by atoms with van der Waals surface area (Å²) in [6, 6.07) is 4.15. The first-order valence-electron chi connectivity index (χ1n) is 5.28. The Kier molecular flexibility index (Phi) is 2.16. The summed E-state index contributed by atoms with van der Waals surface area (Å²) in [6.45, 7) is 3.98. The van der Waals surface area contributed by atoms with E-state index in [1.54, 1.807) is 11.3 Å². The predicted octanol–water partition coefficient (Wildman–Crippen LogP) is 2.82. The summed E-state index contributed by atoms with van der Waals surface area (Å²) in [4.78, 5) is 20.7. The third kappa shape index (κ3) is 1.51. The largest absolute Gasteiger partial charge is 0.321 e. The Hall–Kier alpha value is -1.88. The average molecular weight is 245 g/mol. The van der Waals surface area contributed by atoms with E-state index < -0.39 is 0 Å². The topological polar surface area (TPSA) is 50.2 Å². The van der Waals surface area contributed by atoms with Crippen molar-refractivity contribution in [2.75, 3.05) is 0 Å². The third-order valence-electron chi connectivity index (χ3n) is 2.81. The number of rotatable bonds is 2. The fourth-order valence-corrected chi connectivity index (χ4v) is 2.69. The molecular weight excluding hydrogens is 234 g/mol. The molecule has 0 bridgehead atoms. The van der Waals surface area contributed by atoms with E-state index in [-0.39, 0.29) is 0 Å². The summed E-state index contributed by atoms with van der Waals surface area (Å²) in [6.07, 6.45) is 2.78. The second-order valence-electron chi connectivity index (χ2n) is 3.97. The number of imidazole rings is 2. The van der Waals surface area contributed by atoms with Gasteiger partial charge in [0.15, 0.2) is 6.29 Å². The van der Waals surface area contributed by atoms with E-state index >= 15 is 0 Å². The van der Waals surface area contributed by atoms with Gasteiger partial charge in [-0.2, -0.15) is 0 Å². The van der Waals surface area contributed by atoms with Gasteiger partial charge in [-0.1, -0.05) is 0 Å². The van der Waals surface area contributed by atoms with Gasteiger partial charge in [-0.15, -0.1) is 11.3 Å². The van der Waals surface area contributed by atoms with Crippen LogP contribution in [0.15, 0.2) is 18.3 Å². The molecule has 1 N–H and O–H groups in total. The molecule has 0 saturated heterocycles. The number of aromatic amines is 1. The Labute approximate surface area is 102 Å². The molecular formula is C12H11N3OS. The van der Waals surface area contributed by atoms with Gasteiger partial charge in [-0.05, 0) is 26.0 Å². The molecule has 0 fully saturated rings. The van der Waals surface area contributed by atoms with E-state index in [0.717, 1.165) is 22.6 Å². The number of aryl methyl sites for hydroxylation is 2. The summed E-state index contributed by atoms with van der Waals surface area (Å²) in [7, 11) is 0. The molecule has 0 spiro atoms. The zero-order chi connectivity index (χ0) is 12.0. The number of nitrogens with zero attached hydrogens (tertiary/aromatic N) is 2. The molecule has 0 amide bonds. The SMILES string of the molecule is Cc1ccc(-c2cn3c(C)c(C=O)[nH]c3n2)s1. The van der Waals surface area contributed by atoms with Crippen molar-refractivity contribution in [3.05, 3.63) is 34.6 Å². The van der Waals surface area contributed by atoms with Crippen molar-refractivity contribution in [3.8, 4) is 10.6 Å². The first-order chi connectivity index (χ1) is 8.19. The number of H-pyrrole nitrogens is 1. The van der Waals surface area contributed by atoms with Crippen LogP contribution in [0.4, 0.5) is 0 Å². The fraction of sp³-hybridized carbons (Fsp3) is 0.167. The van der Waals surface area contributed by atoms with Crippen LogP contribution in [0.25, 0.3) is 16.3 Å². The maximum atomic E-state index is 10.8. The average Bonchev–Trinajstić information content (AvgIpc) is 2.95. The van der Waals surface area contributed by atoms with Crippen molar-refractivity contribution in [1.29, 1.82) is 0 Å². The van der Waals surface area contributed by atoms with Gasteiger partial charge in [0.1, 0.15) is 11.4 Å². The summed E-state index contributed by atoms with van der Waals surface area (Å²) in [5.74, 6) is 0.714. The zero-order valence-corrected chi connectivity index (χ0v) is 10.3. The first-order valence-corrected chi connectivity index (χ1v) is 6.10. The Morgan fingerprint density at radius 2 is 2.24 bits per heavy atom. The van der Waals surface area contributed by atoms with E-state index in [1.165, 1.54) is 4.88 Å². The second kappa shape index (κ2) is 3.56. The molecule has 3 rings (SSSR count). The van der Waals surface area contributed by atoms with Crippen molar-refractivity contribution in [2.24, 2.45) is 0 Å². The van der Waals surface area contributed by atoms with Crippen molar-refractivity contribution < 1.29 is 4.79 Å². The zero-order valence-electron chi connectivity index (χ0n) is 9.52. The van der Waals surface area contributed by atoms with Gasteiger partial charge in [0.25, 0.3) is 0 Å². The molecule has 0 aliphatic heterocycles. The molecule has 5 heteroatoms. The minimum absolute atomic E-state index is 0.585. The van der Waals surface area contributed by atoms with E-state index in [4.69, 9.17) is 0 Å². The highest BCUT2D eigenvalue weighted by Crippen LogP contribution is 2.27.